The highest BCUT2D eigenvalue weighted by molar-refractivity contribution is 7.92. The number of piperazine rings is 1. The van der Waals surface area contributed by atoms with Crippen LogP contribution in [0.25, 0.3) is 0 Å². The molecule has 0 bridgehead atoms. The maximum atomic E-state index is 13.5. The molecule has 0 aromatic heterocycles. The third-order valence-corrected chi connectivity index (χ3v) is 6.30. The SMILES string of the molecule is Cc1ccc(Cl)cc1N1CCN(C(=O)CN(c2cccc(F)c2)S(C)(=O)=O)CC1. The summed E-state index contributed by atoms with van der Waals surface area (Å²) < 4.78 is 38.8. The van der Waals surface area contributed by atoms with Gasteiger partial charge in [-0.25, -0.2) is 12.8 Å². The van der Waals surface area contributed by atoms with E-state index in [2.05, 4.69) is 4.90 Å². The molecule has 1 amide bonds. The number of sulfonamides is 1. The number of rotatable bonds is 5. The molecule has 6 nitrogen and oxygen atoms in total. The van der Waals surface area contributed by atoms with Crippen LogP contribution >= 0.6 is 11.6 Å². The quantitative estimate of drug-likeness (QED) is 0.718. The fourth-order valence-corrected chi connectivity index (χ4v) is 4.38. The predicted molar refractivity (Wildman–Crippen MR) is 114 cm³/mol. The maximum absolute atomic E-state index is 13.5. The van der Waals surface area contributed by atoms with Gasteiger partial charge in [0.15, 0.2) is 0 Å². The van der Waals surface area contributed by atoms with Crippen LogP contribution in [0.1, 0.15) is 5.56 Å². The lowest BCUT2D eigenvalue weighted by atomic mass is 10.1. The highest BCUT2D eigenvalue weighted by Crippen LogP contribution is 2.25. The van der Waals surface area contributed by atoms with Gasteiger partial charge < -0.3 is 9.80 Å². The zero-order valence-electron chi connectivity index (χ0n) is 16.3. The van der Waals surface area contributed by atoms with E-state index in [1.54, 1.807) is 4.90 Å². The third kappa shape index (κ3) is 5.19. The van der Waals surface area contributed by atoms with Crippen LogP contribution in [0.4, 0.5) is 15.8 Å². The van der Waals surface area contributed by atoms with E-state index in [9.17, 15) is 17.6 Å². The Kier molecular flexibility index (Phi) is 6.33. The minimum atomic E-state index is -3.74. The molecule has 0 saturated carbocycles. The van der Waals surface area contributed by atoms with Crippen molar-refractivity contribution in [1.29, 1.82) is 0 Å². The van der Waals surface area contributed by atoms with Gasteiger partial charge in [0.2, 0.25) is 15.9 Å². The van der Waals surface area contributed by atoms with Crippen molar-refractivity contribution >= 4 is 38.9 Å². The molecule has 0 unspecified atom stereocenters. The summed E-state index contributed by atoms with van der Waals surface area (Å²) in [5.74, 6) is -0.878. The third-order valence-electron chi connectivity index (χ3n) is 4.92. The van der Waals surface area contributed by atoms with Crippen LogP contribution in [0.5, 0.6) is 0 Å². The second kappa shape index (κ2) is 8.59. The fraction of sp³-hybridized carbons (Fsp3) is 0.350. The number of carbonyl (C=O) groups is 1. The Bertz CT molecular complexity index is 1010. The Labute approximate surface area is 175 Å². The molecule has 1 saturated heterocycles. The van der Waals surface area contributed by atoms with E-state index in [1.165, 1.54) is 18.2 Å². The van der Waals surface area contributed by atoms with Crippen LogP contribution in [-0.4, -0.2) is 58.2 Å². The van der Waals surface area contributed by atoms with E-state index in [0.29, 0.717) is 31.2 Å². The number of anilines is 2. The van der Waals surface area contributed by atoms with Crippen molar-refractivity contribution in [3.05, 3.63) is 58.9 Å². The summed E-state index contributed by atoms with van der Waals surface area (Å²) in [6.07, 6.45) is 1.01. The molecule has 2 aromatic rings. The van der Waals surface area contributed by atoms with Crippen molar-refractivity contribution in [1.82, 2.24) is 4.90 Å². The van der Waals surface area contributed by atoms with Crippen molar-refractivity contribution < 1.29 is 17.6 Å². The zero-order valence-corrected chi connectivity index (χ0v) is 17.9. The number of hydrogen-bond donors (Lipinski definition) is 0. The second-order valence-electron chi connectivity index (χ2n) is 7.05. The number of benzene rings is 2. The Morgan fingerprint density at radius 3 is 2.45 bits per heavy atom. The van der Waals surface area contributed by atoms with E-state index >= 15 is 0 Å². The molecule has 0 aliphatic carbocycles. The van der Waals surface area contributed by atoms with Crippen LogP contribution in [0.15, 0.2) is 42.5 Å². The fourth-order valence-electron chi connectivity index (χ4n) is 3.37. The van der Waals surface area contributed by atoms with E-state index in [1.807, 2.05) is 25.1 Å². The molecule has 0 N–H and O–H groups in total. The minimum absolute atomic E-state index is 0.133. The van der Waals surface area contributed by atoms with Gasteiger partial charge in [-0.2, -0.15) is 0 Å². The Balaban J connectivity index is 1.69. The first-order valence-corrected chi connectivity index (χ1v) is 11.4. The normalized spacial score (nSPS) is 14.8. The van der Waals surface area contributed by atoms with Crippen molar-refractivity contribution in [2.45, 2.75) is 6.92 Å². The highest BCUT2D eigenvalue weighted by atomic mass is 35.5. The Hall–Kier alpha value is -2.32. The van der Waals surface area contributed by atoms with E-state index in [-0.39, 0.29) is 18.1 Å². The summed E-state index contributed by atoms with van der Waals surface area (Å²) >= 11 is 6.10. The molecule has 9 heteroatoms. The number of aryl methyl sites for hydroxylation is 1. The van der Waals surface area contributed by atoms with Gasteiger partial charge in [0.1, 0.15) is 12.4 Å². The second-order valence-corrected chi connectivity index (χ2v) is 9.39. The molecule has 0 atom stereocenters. The van der Waals surface area contributed by atoms with E-state index in [4.69, 9.17) is 11.6 Å². The zero-order chi connectivity index (χ0) is 21.2. The Morgan fingerprint density at radius 2 is 1.83 bits per heavy atom. The number of nitrogens with zero attached hydrogens (tertiary/aromatic N) is 3. The minimum Gasteiger partial charge on any atom is -0.368 e. The molecule has 3 rings (SSSR count). The van der Waals surface area contributed by atoms with Crippen molar-refractivity contribution in [2.75, 3.05) is 48.2 Å². The Morgan fingerprint density at radius 1 is 1.14 bits per heavy atom. The molecule has 0 spiro atoms. The molecule has 29 heavy (non-hydrogen) atoms. The maximum Gasteiger partial charge on any atom is 0.243 e. The topological polar surface area (TPSA) is 60.9 Å². The molecule has 2 aromatic carbocycles. The van der Waals surface area contributed by atoms with Gasteiger partial charge in [-0.1, -0.05) is 23.7 Å². The standard InChI is InChI=1S/C20H23ClFN3O3S/c1-15-6-7-16(21)12-19(15)23-8-10-24(11-9-23)20(26)14-25(29(2,27)28)18-5-3-4-17(22)13-18/h3-7,12-13H,8-11,14H2,1-2H3. The highest BCUT2D eigenvalue weighted by Gasteiger charge is 2.27. The summed E-state index contributed by atoms with van der Waals surface area (Å²) in [6, 6.07) is 10.9. The number of hydrogen-bond acceptors (Lipinski definition) is 4. The monoisotopic (exact) mass is 439 g/mol. The van der Waals surface area contributed by atoms with Crippen molar-refractivity contribution in [3.63, 3.8) is 0 Å². The average Bonchev–Trinajstić information content (AvgIpc) is 2.67. The lowest BCUT2D eigenvalue weighted by Crippen LogP contribution is -2.52. The number of amides is 1. The predicted octanol–water partition coefficient (Wildman–Crippen LogP) is 2.90. The molecular formula is C20H23ClFN3O3S. The first-order chi connectivity index (χ1) is 13.6. The van der Waals surface area contributed by atoms with Gasteiger partial charge >= 0.3 is 0 Å². The van der Waals surface area contributed by atoms with Crippen LogP contribution in [0.2, 0.25) is 5.02 Å². The van der Waals surface area contributed by atoms with E-state index < -0.39 is 15.8 Å². The molecular weight excluding hydrogens is 417 g/mol. The number of carbonyl (C=O) groups excluding carboxylic acids is 1. The summed E-state index contributed by atoms with van der Waals surface area (Å²) in [7, 11) is -3.74. The van der Waals surface area contributed by atoms with Gasteiger partial charge in [-0.3, -0.25) is 9.10 Å². The van der Waals surface area contributed by atoms with Gasteiger partial charge in [0.25, 0.3) is 0 Å². The average molecular weight is 440 g/mol. The summed E-state index contributed by atoms with van der Waals surface area (Å²) in [5.41, 5.74) is 2.26. The number of halogens is 2. The summed E-state index contributed by atoms with van der Waals surface area (Å²) in [6.45, 7) is 3.80. The van der Waals surface area contributed by atoms with Crippen LogP contribution < -0.4 is 9.21 Å². The first kappa shape index (κ1) is 21.4. The first-order valence-electron chi connectivity index (χ1n) is 9.17. The largest absolute Gasteiger partial charge is 0.368 e. The molecule has 1 aliphatic rings. The van der Waals surface area contributed by atoms with Gasteiger partial charge in [0, 0.05) is 36.9 Å². The van der Waals surface area contributed by atoms with Gasteiger partial charge in [0.05, 0.1) is 11.9 Å². The van der Waals surface area contributed by atoms with Gasteiger partial charge in [-0.15, -0.1) is 0 Å². The van der Waals surface area contributed by atoms with E-state index in [0.717, 1.165) is 27.9 Å². The van der Waals surface area contributed by atoms with Crippen LogP contribution in [0, 0.1) is 12.7 Å². The smallest absolute Gasteiger partial charge is 0.243 e. The summed E-state index contributed by atoms with van der Waals surface area (Å²) in [4.78, 5) is 16.6. The molecule has 0 radical (unpaired) electrons. The summed E-state index contributed by atoms with van der Waals surface area (Å²) in [5, 5.41) is 0.656. The lowest BCUT2D eigenvalue weighted by Gasteiger charge is -2.37. The van der Waals surface area contributed by atoms with Crippen LogP contribution in [0.3, 0.4) is 0 Å². The van der Waals surface area contributed by atoms with Crippen LogP contribution in [-0.2, 0) is 14.8 Å². The lowest BCUT2D eigenvalue weighted by molar-refractivity contribution is -0.129. The van der Waals surface area contributed by atoms with Gasteiger partial charge in [-0.05, 0) is 42.8 Å². The molecule has 1 fully saturated rings. The molecule has 156 valence electrons. The molecule has 1 aliphatic heterocycles. The van der Waals surface area contributed by atoms with Crippen molar-refractivity contribution in [3.8, 4) is 0 Å². The molecule has 1 heterocycles. The van der Waals surface area contributed by atoms with Crippen molar-refractivity contribution in [2.24, 2.45) is 0 Å².